The second kappa shape index (κ2) is 5.04. The molecule has 0 aromatic rings. The summed E-state index contributed by atoms with van der Waals surface area (Å²) < 4.78 is 0. The Balaban J connectivity index is 1.44. The maximum atomic E-state index is 3.91. The summed E-state index contributed by atoms with van der Waals surface area (Å²) >= 11 is 0. The molecular formula is C17H32N2. The smallest absolute Gasteiger partial charge is 0.0129 e. The minimum absolute atomic E-state index is 0.547. The van der Waals surface area contributed by atoms with Gasteiger partial charge < -0.3 is 10.2 Å². The van der Waals surface area contributed by atoms with Crippen LogP contribution in [0.4, 0.5) is 0 Å². The molecule has 1 N–H and O–H groups in total. The molecule has 3 fully saturated rings. The molecule has 19 heavy (non-hydrogen) atoms. The maximum Gasteiger partial charge on any atom is 0.0129 e. The lowest BCUT2D eigenvalue weighted by atomic mass is 9.69. The third kappa shape index (κ3) is 2.25. The molecule has 3 atom stereocenters. The molecule has 2 aliphatic carbocycles. The van der Waals surface area contributed by atoms with Crippen molar-refractivity contribution in [2.45, 2.75) is 65.3 Å². The largest absolute Gasteiger partial charge is 0.313 e. The Hall–Kier alpha value is -0.0800. The lowest BCUT2D eigenvalue weighted by Gasteiger charge is -2.39. The molecular weight excluding hydrogens is 232 g/mol. The summed E-state index contributed by atoms with van der Waals surface area (Å²) in [6, 6.07) is 0.778. The molecule has 2 saturated carbocycles. The molecule has 0 aromatic heterocycles. The number of fused-ring (bicyclic) bond motifs is 2. The minimum Gasteiger partial charge on any atom is -0.313 e. The van der Waals surface area contributed by atoms with Crippen molar-refractivity contribution >= 4 is 0 Å². The average Bonchev–Trinajstić information content (AvgIpc) is 3.00. The SMILES string of the molecule is CC1(C)C2CCC1(C)C(NCCCN1CCCC1)C2. The van der Waals surface area contributed by atoms with Gasteiger partial charge in [-0.05, 0) is 81.5 Å². The van der Waals surface area contributed by atoms with Gasteiger partial charge in [0.15, 0.2) is 0 Å². The monoisotopic (exact) mass is 264 g/mol. The zero-order valence-electron chi connectivity index (χ0n) is 13.2. The standard InChI is InChI=1S/C17H32N2/c1-16(2)14-7-8-17(16,3)15(13-14)18-9-6-12-19-10-4-5-11-19/h14-15,18H,4-13H2,1-3H3. The van der Waals surface area contributed by atoms with Gasteiger partial charge in [-0.25, -0.2) is 0 Å². The normalized spacial score (nSPS) is 41.2. The predicted octanol–water partition coefficient (Wildman–Crippen LogP) is 3.28. The van der Waals surface area contributed by atoms with Crippen LogP contribution in [0.2, 0.25) is 0 Å². The van der Waals surface area contributed by atoms with Gasteiger partial charge in [0.2, 0.25) is 0 Å². The Kier molecular flexibility index (Phi) is 3.68. The third-order valence-corrected chi connectivity index (χ3v) is 7.03. The molecule has 2 heteroatoms. The van der Waals surface area contributed by atoms with E-state index in [1.807, 2.05) is 0 Å². The fourth-order valence-corrected chi connectivity index (χ4v) is 5.10. The van der Waals surface area contributed by atoms with Crippen molar-refractivity contribution in [2.24, 2.45) is 16.7 Å². The summed E-state index contributed by atoms with van der Waals surface area (Å²) in [4.78, 5) is 2.63. The fraction of sp³-hybridized carbons (Fsp3) is 1.00. The van der Waals surface area contributed by atoms with Gasteiger partial charge >= 0.3 is 0 Å². The van der Waals surface area contributed by atoms with Crippen molar-refractivity contribution < 1.29 is 0 Å². The van der Waals surface area contributed by atoms with Gasteiger partial charge in [0, 0.05) is 6.04 Å². The molecule has 0 amide bonds. The molecule has 110 valence electrons. The highest BCUT2D eigenvalue weighted by molar-refractivity contribution is 5.12. The number of hydrogen-bond donors (Lipinski definition) is 1. The Morgan fingerprint density at radius 2 is 1.89 bits per heavy atom. The molecule has 0 radical (unpaired) electrons. The van der Waals surface area contributed by atoms with Crippen LogP contribution in [0.1, 0.15) is 59.3 Å². The number of nitrogens with one attached hydrogen (secondary N) is 1. The first-order valence-corrected chi connectivity index (χ1v) is 8.50. The van der Waals surface area contributed by atoms with Crippen molar-refractivity contribution in [1.29, 1.82) is 0 Å². The van der Waals surface area contributed by atoms with Crippen LogP contribution in [0.25, 0.3) is 0 Å². The predicted molar refractivity (Wildman–Crippen MR) is 81.3 cm³/mol. The first-order valence-electron chi connectivity index (χ1n) is 8.50. The zero-order chi connectivity index (χ0) is 13.5. The molecule has 0 spiro atoms. The van der Waals surface area contributed by atoms with Crippen molar-refractivity contribution in [2.75, 3.05) is 26.2 Å². The van der Waals surface area contributed by atoms with Crippen molar-refractivity contribution in [3.05, 3.63) is 0 Å². The van der Waals surface area contributed by atoms with Gasteiger partial charge in [-0.15, -0.1) is 0 Å². The molecule has 1 aliphatic heterocycles. The van der Waals surface area contributed by atoms with E-state index in [1.54, 1.807) is 0 Å². The van der Waals surface area contributed by atoms with Crippen LogP contribution < -0.4 is 5.32 Å². The lowest BCUT2D eigenvalue weighted by molar-refractivity contribution is 0.120. The fourth-order valence-electron chi connectivity index (χ4n) is 5.10. The van der Waals surface area contributed by atoms with Crippen molar-refractivity contribution in [1.82, 2.24) is 10.2 Å². The van der Waals surface area contributed by atoms with Crippen LogP contribution in [-0.2, 0) is 0 Å². The van der Waals surface area contributed by atoms with Gasteiger partial charge in [0.25, 0.3) is 0 Å². The second-order valence-corrected chi connectivity index (χ2v) is 8.02. The molecule has 1 heterocycles. The number of hydrogen-bond acceptors (Lipinski definition) is 2. The third-order valence-electron chi connectivity index (χ3n) is 7.03. The number of nitrogens with zero attached hydrogens (tertiary/aromatic N) is 1. The van der Waals surface area contributed by atoms with Gasteiger partial charge in [-0.3, -0.25) is 0 Å². The van der Waals surface area contributed by atoms with E-state index in [1.165, 1.54) is 64.7 Å². The van der Waals surface area contributed by atoms with E-state index >= 15 is 0 Å². The average molecular weight is 264 g/mol. The van der Waals surface area contributed by atoms with Crippen LogP contribution in [0.5, 0.6) is 0 Å². The van der Waals surface area contributed by atoms with E-state index in [9.17, 15) is 0 Å². The topological polar surface area (TPSA) is 15.3 Å². The van der Waals surface area contributed by atoms with E-state index < -0.39 is 0 Å². The van der Waals surface area contributed by atoms with Gasteiger partial charge in [-0.2, -0.15) is 0 Å². The van der Waals surface area contributed by atoms with Gasteiger partial charge in [-0.1, -0.05) is 20.8 Å². The Labute approximate surface area is 119 Å². The van der Waals surface area contributed by atoms with E-state index in [0.717, 1.165) is 12.0 Å². The molecule has 2 bridgehead atoms. The van der Waals surface area contributed by atoms with E-state index in [0.29, 0.717) is 10.8 Å². The molecule has 2 nitrogen and oxygen atoms in total. The van der Waals surface area contributed by atoms with Crippen LogP contribution in [-0.4, -0.2) is 37.1 Å². The highest BCUT2D eigenvalue weighted by atomic mass is 15.1. The summed E-state index contributed by atoms with van der Waals surface area (Å²) in [6.45, 7) is 12.8. The molecule has 0 aromatic carbocycles. The Bertz CT molecular complexity index is 319. The van der Waals surface area contributed by atoms with Crippen LogP contribution >= 0.6 is 0 Å². The molecule has 3 unspecified atom stereocenters. The summed E-state index contributed by atoms with van der Waals surface area (Å²) in [5.41, 5.74) is 1.10. The number of rotatable bonds is 5. The van der Waals surface area contributed by atoms with E-state index in [4.69, 9.17) is 0 Å². The zero-order valence-corrected chi connectivity index (χ0v) is 13.2. The highest BCUT2D eigenvalue weighted by Gasteiger charge is 2.60. The molecule has 3 aliphatic rings. The summed E-state index contributed by atoms with van der Waals surface area (Å²) in [6.07, 6.45) is 8.50. The summed E-state index contributed by atoms with van der Waals surface area (Å²) in [5.74, 6) is 0.966. The summed E-state index contributed by atoms with van der Waals surface area (Å²) in [7, 11) is 0. The second-order valence-electron chi connectivity index (χ2n) is 8.02. The van der Waals surface area contributed by atoms with Crippen molar-refractivity contribution in [3.63, 3.8) is 0 Å². The minimum atomic E-state index is 0.547. The molecule has 1 saturated heterocycles. The van der Waals surface area contributed by atoms with Gasteiger partial charge in [0.05, 0.1) is 0 Å². The maximum absolute atomic E-state index is 3.91. The first-order chi connectivity index (χ1) is 9.04. The van der Waals surface area contributed by atoms with Crippen LogP contribution in [0.3, 0.4) is 0 Å². The van der Waals surface area contributed by atoms with Crippen LogP contribution in [0.15, 0.2) is 0 Å². The van der Waals surface area contributed by atoms with E-state index in [-0.39, 0.29) is 0 Å². The van der Waals surface area contributed by atoms with Crippen LogP contribution in [0, 0.1) is 16.7 Å². The lowest BCUT2D eigenvalue weighted by Crippen LogP contribution is -2.45. The van der Waals surface area contributed by atoms with Crippen molar-refractivity contribution in [3.8, 4) is 0 Å². The first kappa shape index (κ1) is 13.9. The Morgan fingerprint density at radius 3 is 2.47 bits per heavy atom. The molecule has 3 rings (SSSR count). The number of likely N-dealkylation sites (tertiary alicyclic amines) is 1. The highest BCUT2D eigenvalue weighted by Crippen LogP contribution is 2.65. The van der Waals surface area contributed by atoms with E-state index in [2.05, 4.69) is 31.0 Å². The quantitative estimate of drug-likeness (QED) is 0.767. The summed E-state index contributed by atoms with van der Waals surface area (Å²) in [5, 5.41) is 3.91. The van der Waals surface area contributed by atoms with Gasteiger partial charge in [0.1, 0.15) is 0 Å². The Morgan fingerprint density at radius 1 is 1.16 bits per heavy atom.